The summed E-state index contributed by atoms with van der Waals surface area (Å²) >= 11 is 0. The van der Waals surface area contributed by atoms with E-state index in [1.54, 1.807) is 6.92 Å². The van der Waals surface area contributed by atoms with Crippen LogP contribution in [0.3, 0.4) is 0 Å². The van der Waals surface area contributed by atoms with Crippen LogP contribution in [0.2, 0.25) is 0 Å². The molecule has 0 saturated heterocycles. The Morgan fingerprint density at radius 2 is 2.00 bits per heavy atom. The molecule has 2 rings (SSSR count). The van der Waals surface area contributed by atoms with E-state index >= 15 is 0 Å². The van der Waals surface area contributed by atoms with Gasteiger partial charge in [0.05, 0.1) is 12.2 Å². The minimum absolute atomic E-state index is 0.0479. The molecule has 0 radical (unpaired) electrons. The van der Waals surface area contributed by atoms with Crippen LogP contribution in [0.15, 0.2) is 12.1 Å². The minimum atomic E-state index is -3.16. The molecule has 0 unspecified atom stereocenters. The van der Waals surface area contributed by atoms with Gasteiger partial charge in [-0.15, -0.1) is 5.10 Å². The molecule has 1 aromatic heterocycles. The van der Waals surface area contributed by atoms with Crippen molar-refractivity contribution in [1.29, 1.82) is 0 Å². The van der Waals surface area contributed by atoms with Gasteiger partial charge in [-0.2, -0.15) is 10.3 Å². The Bertz CT molecular complexity index is 673. The van der Waals surface area contributed by atoms with Crippen molar-refractivity contribution in [1.82, 2.24) is 15.4 Å². The molecule has 1 aromatic carbocycles. The number of hydrogen-bond acceptors (Lipinski definition) is 4. The van der Waals surface area contributed by atoms with E-state index in [-0.39, 0.29) is 18.0 Å². The van der Waals surface area contributed by atoms with Gasteiger partial charge in [-0.05, 0) is 19.1 Å². The molecule has 0 bridgehead atoms. The molecule has 5 nitrogen and oxygen atoms in total. The van der Waals surface area contributed by atoms with Gasteiger partial charge >= 0.3 is 5.97 Å². The first-order chi connectivity index (χ1) is 9.95. The first-order valence-electron chi connectivity index (χ1n) is 5.81. The second-order valence-electron chi connectivity index (χ2n) is 3.90. The molecule has 112 valence electrons. The van der Waals surface area contributed by atoms with E-state index < -0.39 is 35.2 Å². The van der Waals surface area contributed by atoms with Gasteiger partial charge in [-0.25, -0.2) is 22.4 Å². The van der Waals surface area contributed by atoms with Crippen molar-refractivity contribution in [2.24, 2.45) is 0 Å². The zero-order valence-corrected chi connectivity index (χ0v) is 10.7. The number of rotatable bonds is 4. The van der Waals surface area contributed by atoms with E-state index in [1.165, 1.54) is 0 Å². The Labute approximate surface area is 115 Å². The topological polar surface area (TPSA) is 67.9 Å². The molecular weight excluding hydrogens is 294 g/mol. The molecule has 0 aliphatic carbocycles. The van der Waals surface area contributed by atoms with Crippen LogP contribution in [-0.2, 0) is 4.74 Å². The fraction of sp³-hybridized carbons (Fsp3) is 0.250. The van der Waals surface area contributed by atoms with Gasteiger partial charge in [0.15, 0.2) is 5.69 Å². The number of ether oxygens (including phenoxy) is 1. The average molecular weight is 303 g/mol. The maximum atomic E-state index is 13.8. The number of H-pyrrole nitrogens is 1. The fourth-order valence-electron chi connectivity index (χ4n) is 1.67. The zero-order chi connectivity index (χ0) is 15.6. The van der Waals surface area contributed by atoms with Gasteiger partial charge in [0.1, 0.15) is 17.3 Å². The lowest BCUT2D eigenvalue weighted by atomic mass is 10.1. The quantitative estimate of drug-likeness (QED) is 0.696. The number of carbonyl (C=O) groups is 1. The maximum Gasteiger partial charge on any atom is 0.361 e. The molecule has 0 aliphatic rings. The summed E-state index contributed by atoms with van der Waals surface area (Å²) < 4.78 is 57.0. The highest BCUT2D eigenvalue weighted by atomic mass is 19.3. The Kier molecular flexibility index (Phi) is 4.20. The Hall–Kier alpha value is -2.45. The number of esters is 1. The third-order valence-corrected chi connectivity index (χ3v) is 2.59. The predicted octanol–water partition coefficient (Wildman–Crippen LogP) is 2.86. The van der Waals surface area contributed by atoms with Crippen LogP contribution in [0.1, 0.15) is 29.4 Å². The van der Waals surface area contributed by atoms with Crippen LogP contribution >= 0.6 is 0 Å². The minimum Gasteiger partial charge on any atom is -0.461 e. The number of aromatic amines is 1. The molecule has 0 amide bonds. The standard InChI is InChI=1S/C12H9F4N3O2/c1-2-21-12(20)10-9(17-19-18-10)5-3-8(14)6(11(15)16)4-7(5)13/h3-4,11H,2H2,1H3,(H,17,18,19). The van der Waals surface area contributed by atoms with Crippen LogP contribution in [-0.4, -0.2) is 28.0 Å². The van der Waals surface area contributed by atoms with Crippen LogP contribution in [0.5, 0.6) is 0 Å². The summed E-state index contributed by atoms with van der Waals surface area (Å²) in [6, 6.07) is 0.899. The van der Waals surface area contributed by atoms with Crippen molar-refractivity contribution in [2.75, 3.05) is 6.61 Å². The summed E-state index contributed by atoms with van der Waals surface area (Å²) in [6.07, 6.45) is -3.16. The van der Waals surface area contributed by atoms with Crippen molar-refractivity contribution in [3.05, 3.63) is 35.0 Å². The van der Waals surface area contributed by atoms with Gasteiger partial charge in [0.2, 0.25) is 0 Å². The van der Waals surface area contributed by atoms with E-state index in [0.717, 1.165) is 0 Å². The number of carbonyl (C=O) groups excluding carboxylic acids is 1. The molecule has 2 aromatic rings. The van der Waals surface area contributed by atoms with Crippen LogP contribution < -0.4 is 0 Å². The summed E-state index contributed by atoms with van der Waals surface area (Å²) in [7, 11) is 0. The normalized spacial score (nSPS) is 11.0. The number of hydrogen-bond donors (Lipinski definition) is 1. The van der Waals surface area contributed by atoms with Crippen molar-refractivity contribution < 1.29 is 27.1 Å². The number of alkyl halides is 2. The third kappa shape index (κ3) is 2.86. The molecule has 0 fully saturated rings. The largest absolute Gasteiger partial charge is 0.461 e. The first kappa shape index (κ1) is 14.9. The second-order valence-corrected chi connectivity index (χ2v) is 3.90. The first-order valence-corrected chi connectivity index (χ1v) is 5.81. The molecule has 0 atom stereocenters. The van der Waals surface area contributed by atoms with Crippen molar-refractivity contribution in [2.45, 2.75) is 13.3 Å². The monoisotopic (exact) mass is 303 g/mol. The molecule has 1 N–H and O–H groups in total. The summed E-state index contributed by atoms with van der Waals surface area (Å²) in [5.74, 6) is -3.34. The molecule has 0 aliphatic heterocycles. The number of aromatic nitrogens is 3. The summed E-state index contributed by atoms with van der Waals surface area (Å²) in [5, 5.41) is 9.11. The number of nitrogens with one attached hydrogen (secondary N) is 1. The fourth-order valence-corrected chi connectivity index (χ4v) is 1.67. The molecule has 0 spiro atoms. The highest BCUT2D eigenvalue weighted by molar-refractivity contribution is 5.93. The molecule has 0 saturated carbocycles. The molecule has 1 heterocycles. The van der Waals surface area contributed by atoms with Crippen LogP contribution in [0.4, 0.5) is 17.6 Å². The molecule has 21 heavy (non-hydrogen) atoms. The molecular formula is C12H9F4N3O2. The van der Waals surface area contributed by atoms with E-state index in [4.69, 9.17) is 0 Å². The molecule has 9 heteroatoms. The van der Waals surface area contributed by atoms with Crippen molar-refractivity contribution >= 4 is 5.97 Å². The SMILES string of the molecule is CCOC(=O)c1n[nH]nc1-c1cc(F)c(C(F)F)cc1F. The van der Waals surface area contributed by atoms with Gasteiger partial charge in [0.25, 0.3) is 6.43 Å². The van der Waals surface area contributed by atoms with Gasteiger partial charge in [-0.1, -0.05) is 0 Å². The summed E-state index contributed by atoms with van der Waals surface area (Å²) in [6.45, 7) is 1.60. The lowest BCUT2D eigenvalue weighted by Crippen LogP contribution is -2.07. The van der Waals surface area contributed by atoms with Gasteiger partial charge < -0.3 is 4.74 Å². The number of nitrogens with zero attached hydrogens (tertiary/aromatic N) is 2. The van der Waals surface area contributed by atoms with Crippen molar-refractivity contribution in [3.63, 3.8) is 0 Å². The highest BCUT2D eigenvalue weighted by Gasteiger charge is 2.24. The van der Waals surface area contributed by atoms with E-state index in [1.807, 2.05) is 0 Å². The number of benzene rings is 1. The predicted molar refractivity (Wildman–Crippen MR) is 62.6 cm³/mol. The smallest absolute Gasteiger partial charge is 0.361 e. The summed E-state index contributed by atoms with van der Waals surface area (Å²) in [5.41, 5.74) is -2.21. The Balaban J connectivity index is 2.51. The third-order valence-electron chi connectivity index (χ3n) is 2.59. The van der Waals surface area contributed by atoms with Crippen LogP contribution in [0.25, 0.3) is 11.3 Å². The van der Waals surface area contributed by atoms with Crippen LogP contribution in [0, 0.1) is 11.6 Å². The Morgan fingerprint density at radius 3 is 2.62 bits per heavy atom. The van der Waals surface area contributed by atoms with Crippen molar-refractivity contribution in [3.8, 4) is 11.3 Å². The van der Waals surface area contributed by atoms with E-state index in [9.17, 15) is 22.4 Å². The lowest BCUT2D eigenvalue weighted by molar-refractivity contribution is 0.0520. The number of halogens is 4. The highest BCUT2D eigenvalue weighted by Crippen LogP contribution is 2.30. The average Bonchev–Trinajstić information content (AvgIpc) is 2.90. The zero-order valence-electron chi connectivity index (χ0n) is 10.7. The Morgan fingerprint density at radius 1 is 1.29 bits per heavy atom. The second kappa shape index (κ2) is 5.90. The summed E-state index contributed by atoms with van der Waals surface area (Å²) in [4.78, 5) is 11.6. The lowest BCUT2D eigenvalue weighted by Gasteiger charge is -2.06. The van der Waals surface area contributed by atoms with Gasteiger partial charge in [0, 0.05) is 5.56 Å². The van der Waals surface area contributed by atoms with E-state index in [0.29, 0.717) is 12.1 Å². The maximum absolute atomic E-state index is 13.8. The van der Waals surface area contributed by atoms with Gasteiger partial charge in [-0.3, -0.25) is 0 Å². The van der Waals surface area contributed by atoms with E-state index in [2.05, 4.69) is 20.1 Å².